The van der Waals surface area contributed by atoms with Crippen molar-refractivity contribution in [1.29, 1.82) is 0 Å². The Bertz CT molecular complexity index is 221. The highest BCUT2D eigenvalue weighted by molar-refractivity contribution is 4.95. The Labute approximate surface area is 93.0 Å². The first-order chi connectivity index (χ1) is 7.14. The van der Waals surface area contributed by atoms with Gasteiger partial charge in [-0.2, -0.15) is 0 Å². The van der Waals surface area contributed by atoms with Crippen LogP contribution in [0.2, 0.25) is 0 Å². The molecule has 0 saturated heterocycles. The zero-order valence-electron chi connectivity index (χ0n) is 9.83. The van der Waals surface area contributed by atoms with Gasteiger partial charge in [-0.05, 0) is 38.0 Å². The number of ether oxygens (including phenoxy) is 1. The predicted octanol–water partition coefficient (Wildman–Crippen LogP) is 2.36. The number of hydrogen-bond donors (Lipinski definition) is 1. The summed E-state index contributed by atoms with van der Waals surface area (Å²) in [6.07, 6.45) is 10.3. The average molecular weight is 210 g/mol. The highest BCUT2D eigenvalue weighted by Crippen LogP contribution is 2.37. The minimum Gasteiger partial charge on any atom is -0.390 e. The van der Waals surface area contributed by atoms with Crippen LogP contribution in [0, 0.1) is 18.3 Å². The van der Waals surface area contributed by atoms with Crippen molar-refractivity contribution < 1.29 is 9.84 Å². The van der Waals surface area contributed by atoms with Crippen LogP contribution in [0.1, 0.15) is 45.4 Å². The minimum absolute atomic E-state index is 0.330. The fraction of sp³-hybridized carbons (Fsp3) is 0.846. The van der Waals surface area contributed by atoms with Gasteiger partial charge in [-0.15, -0.1) is 12.3 Å². The molecule has 0 aliphatic heterocycles. The zero-order chi connectivity index (χ0) is 11.3. The molecule has 0 aromatic rings. The van der Waals surface area contributed by atoms with E-state index in [0.717, 1.165) is 31.6 Å². The third-order valence-corrected chi connectivity index (χ3v) is 3.70. The maximum absolute atomic E-state index is 10.1. The van der Waals surface area contributed by atoms with Crippen LogP contribution in [0.4, 0.5) is 0 Å². The second-order valence-electron chi connectivity index (χ2n) is 4.71. The molecule has 2 heteroatoms. The Morgan fingerprint density at radius 2 is 2.13 bits per heavy atom. The number of terminal acetylenes is 1. The summed E-state index contributed by atoms with van der Waals surface area (Å²) in [4.78, 5) is 0. The second kappa shape index (κ2) is 5.53. The van der Waals surface area contributed by atoms with E-state index in [0.29, 0.717) is 12.8 Å². The van der Waals surface area contributed by atoms with Crippen LogP contribution in [0.3, 0.4) is 0 Å². The lowest BCUT2D eigenvalue weighted by atomic mass is 9.75. The smallest absolute Gasteiger partial charge is 0.0936 e. The Kier molecular flexibility index (Phi) is 4.63. The zero-order valence-corrected chi connectivity index (χ0v) is 9.83. The van der Waals surface area contributed by atoms with Crippen molar-refractivity contribution >= 4 is 0 Å². The minimum atomic E-state index is -0.411. The van der Waals surface area contributed by atoms with Gasteiger partial charge in [-0.3, -0.25) is 0 Å². The van der Waals surface area contributed by atoms with E-state index >= 15 is 0 Å². The quantitative estimate of drug-likeness (QED) is 0.722. The number of rotatable bonds is 4. The van der Waals surface area contributed by atoms with Gasteiger partial charge < -0.3 is 9.84 Å². The predicted molar refractivity (Wildman–Crippen MR) is 61.4 cm³/mol. The maximum Gasteiger partial charge on any atom is 0.0936 e. The van der Waals surface area contributed by atoms with E-state index in [9.17, 15) is 5.11 Å². The highest BCUT2D eigenvalue weighted by atomic mass is 16.5. The summed E-state index contributed by atoms with van der Waals surface area (Å²) in [6.45, 7) is 2.26. The standard InChI is InChI=1S/C13H22O2/c1-4-5-6-12(14)13(15-3)9-7-11(2)8-10-13/h1,11-12,14H,5-10H2,2-3H3. The lowest BCUT2D eigenvalue weighted by Gasteiger charge is -2.41. The van der Waals surface area contributed by atoms with Gasteiger partial charge in [0.05, 0.1) is 11.7 Å². The topological polar surface area (TPSA) is 29.5 Å². The van der Waals surface area contributed by atoms with E-state index in [1.54, 1.807) is 7.11 Å². The molecule has 0 radical (unpaired) electrons. The third kappa shape index (κ3) is 2.96. The molecular formula is C13H22O2. The molecule has 1 atom stereocenters. The van der Waals surface area contributed by atoms with E-state index in [-0.39, 0.29) is 5.60 Å². The van der Waals surface area contributed by atoms with Gasteiger partial charge in [0.2, 0.25) is 0 Å². The van der Waals surface area contributed by atoms with Crippen LogP contribution in [0.5, 0.6) is 0 Å². The van der Waals surface area contributed by atoms with Gasteiger partial charge >= 0.3 is 0 Å². The summed E-state index contributed by atoms with van der Waals surface area (Å²) in [7, 11) is 1.70. The lowest BCUT2D eigenvalue weighted by Crippen LogP contribution is -2.46. The summed E-state index contributed by atoms with van der Waals surface area (Å²) in [6, 6.07) is 0. The van der Waals surface area contributed by atoms with Gasteiger partial charge in [-0.25, -0.2) is 0 Å². The monoisotopic (exact) mass is 210 g/mol. The molecule has 0 amide bonds. The van der Waals surface area contributed by atoms with Crippen molar-refractivity contribution in [2.24, 2.45) is 5.92 Å². The average Bonchev–Trinajstić information content (AvgIpc) is 2.27. The summed E-state index contributed by atoms with van der Waals surface area (Å²) >= 11 is 0. The molecule has 1 unspecified atom stereocenters. The number of aliphatic hydroxyl groups excluding tert-OH is 1. The van der Waals surface area contributed by atoms with Crippen molar-refractivity contribution in [2.75, 3.05) is 7.11 Å². The lowest BCUT2D eigenvalue weighted by molar-refractivity contribution is -0.129. The van der Waals surface area contributed by atoms with Gasteiger partial charge in [0.25, 0.3) is 0 Å². The van der Waals surface area contributed by atoms with Gasteiger partial charge in [0.15, 0.2) is 0 Å². The molecule has 0 spiro atoms. The molecule has 1 N–H and O–H groups in total. The number of methoxy groups -OCH3 is 1. The summed E-state index contributed by atoms with van der Waals surface area (Å²) < 4.78 is 5.57. The summed E-state index contributed by atoms with van der Waals surface area (Å²) in [5.41, 5.74) is -0.330. The molecule has 86 valence electrons. The highest BCUT2D eigenvalue weighted by Gasteiger charge is 2.40. The van der Waals surface area contributed by atoms with E-state index in [1.165, 1.54) is 0 Å². The Morgan fingerprint density at radius 1 is 1.53 bits per heavy atom. The van der Waals surface area contributed by atoms with E-state index in [1.807, 2.05) is 0 Å². The molecule has 1 aliphatic rings. The fourth-order valence-corrected chi connectivity index (χ4v) is 2.41. The molecule has 1 aliphatic carbocycles. The molecule has 0 aromatic heterocycles. The Balaban J connectivity index is 2.56. The van der Waals surface area contributed by atoms with Gasteiger partial charge in [0, 0.05) is 13.5 Å². The third-order valence-electron chi connectivity index (χ3n) is 3.70. The van der Waals surface area contributed by atoms with Crippen LogP contribution in [-0.4, -0.2) is 23.9 Å². The Hall–Kier alpha value is -0.520. The molecule has 0 aromatic carbocycles. The normalized spacial score (nSPS) is 33.3. The Morgan fingerprint density at radius 3 is 2.60 bits per heavy atom. The van der Waals surface area contributed by atoms with E-state index in [4.69, 9.17) is 11.2 Å². The van der Waals surface area contributed by atoms with Crippen LogP contribution >= 0.6 is 0 Å². The number of hydrogen-bond acceptors (Lipinski definition) is 2. The van der Waals surface area contributed by atoms with Crippen LogP contribution in [-0.2, 0) is 4.74 Å². The van der Waals surface area contributed by atoms with E-state index in [2.05, 4.69) is 12.8 Å². The van der Waals surface area contributed by atoms with Crippen molar-refractivity contribution in [3.05, 3.63) is 0 Å². The molecule has 0 heterocycles. The molecule has 1 rings (SSSR count). The maximum atomic E-state index is 10.1. The van der Waals surface area contributed by atoms with Crippen molar-refractivity contribution in [3.8, 4) is 12.3 Å². The largest absolute Gasteiger partial charge is 0.390 e. The van der Waals surface area contributed by atoms with Crippen LogP contribution in [0.25, 0.3) is 0 Å². The second-order valence-corrected chi connectivity index (χ2v) is 4.71. The molecule has 1 fully saturated rings. The van der Waals surface area contributed by atoms with Crippen molar-refractivity contribution in [2.45, 2.75) is 57.2 Å². The molecule has 0 bridgehead atoms. The van der Waals surface area contributed by atoms with Gasteiger partial charge in [-0.1, -0.05) is 6.92 Å². The molecule has 2 nitrogen and oxygen atoms in total. The van der Waals surface area contributed by atoms with Crippen LogP contribution < -0.4 is 0 Å². The number of aliphatic hydroxyl groups is 1. The summed E-state index contributed by atoms with van der Waals surface area (Å²) in [5.74, 6) is 3.33. The van der Waals surface area contributed by atoms with Crippen molar-refractivity contribution in [1.82, 2.24) is 0 Å². The first-order valence-electron chi connectivity index (χ1n) is 5.81. The van der Waals surface area contributed by atoms with Crippen LogP contribution in [0.15, 0.2) is 0 Å². The first-order valence-corrected chi connectivity index (χ1v) is 5.81. The van der Waals surface area contributed by atoms with Gasteiger partial charge in [0.1, 0.15) is 0 Å². The SMILES string of the molecule is C#CCCC(O)C1(OC)CCC(C)CC1. The first kappa shape index (κ1) is 12.5. The molecule has 1 saturated carbocycles. The van der Waals surface area contributed by atoms with E-state index < -0.39 is 6.10 Å². The summed E-state index contributed by atoms with van der Waals surface area (Å²) in [5, 5.41) is 10.1. The molecular weight excluding hydrogens is 188 g/mol. The molecule has 15 heavy (non-hydrogen) atoms. The van der Waals surface area contributed by atoms with Crippen molar-refractivity contribution in [3.63, 3.8) is 0 Å². The fourth-order valence-electron chi connectivity index (χ4n) is 2.41.